The Morgan fingerprint density at radius 3 is 2.50 bits per heavy atom. The zero-order chi connectivity index (χ0) is 11.5. The predicted molar refractivity (Wildman–Crippen MR) is 66.2 cm³/mol. The zero-order valence-corrected chi connectivity index (χ0v) is 12.2. The Bertz CT molecular complexity index is 355. The number of rotatable bonds is 4. The van der Waals surface area contributed by atoms with Gasteiger partial charge in [0.15, 0.2) is 5.76 Å². The van der Waals surface area contributed by atoms with Gasteiger partial charge in [-0.2, -0.15) is 5.70 Å². The first-order chi connectivity index (χ1) is 6.90. The van der Waals surface area contributed by atoms with E-state index in [2.05, 4.69) is 31.7 Å². The van der Waals surface area contributed by atoms with Crippen LogP contribution in [0.4, 0.5) is 0 Å². The molecule has 5 heteroatoms. The van der Waals surface area contributed by atoms with Crippen molar-refractivity contribution in [2.75, 3.05) is 0 Å². The second-order valence-electron chi connectivity index (χ2n) is 4.64. The molecule has 0 aromatic carbocycles. The molecule has 1 aromatic rings. The minimum atomic E-state index is -1.39. The Morgan fingerprint density at radius 2 is 2.12 bits per heavy atom. The SMILES string of the molecule is CC/C(=C\c1cc(C)no1)[N-][Si](C)(C)C.[Li+]. The molecule has 1 heterocycles. The molecule has 0 unspecified atom stereocenters. The first-order valence-corrected chi connectivity index (χ1v) is 8.72. The smallest absolute Gasteiger partial charge is 0.691 e. The number of aryl methyl sites for hydroxylation is 1. The quantitative estimate of drug-likeness (QED) is 0.722. The summed E-state index contributed by atoms with van der Waals surface area (Å²) in [6, 6.07) is 1.93. The summed E-state index contributed by atoms with van der Waals surface area (Å²) in [6.07, 6.45) is 2.92. The summed E-state index contributed by atoms with van der Waals surface area (Å²) in [4.78, 5) is 4.74. The second kappa shape index (κ2) is 6.34. The van der Waals surface area contributed by atoms with Crippen molar-refractivity contribution < 1.29 is 23.4 Å². The van der Waals surface area contributed by atoms with Crippen molar-refractivity contribution in [3.63, 3.8) is 0 Å². The Balaban J connectivity index is 0.00000225. The number of aromatic nitrogens is 1. The minimum absolute atomic E-state index is 0. The molecular formula is C11H19LiN2OSi. The van der Waals surface area contributed by atoms with E-state index in [0.29, 0.717) is 0 Å². The monoisotopic (exact) mass is 230 g/mol. The van der Waals surface area contributed by atoms with Crippen molar-refractivity contribution in [1.29, 1.82) is 0 Å². The van der Waals surface area contributed by atoms with Crippen LogP contribution in [0.5, 0.6) is 0 Å². The third-order valence-corrected chi connectivity index (χ3v) is 2.75. The van der Waals surface area contributed by atoms with E-state index in [1.54, 1.807) is 0 Å². The molecule has 84 valence electrons. The van der Waals surface area contributed by atoms with Crippen LogP contribution in [0.1, 0.15) is 24.8 Å². The van der Waals surface area contributed by atoms with Gasteiger partial charge in [-0.1, -0.05) is 38.1 Å². The van der Waals surface area contributed by atoms with Gasteiger partial charge >= 0.3 is 18.9 Å². The van der Waals surface area contributed by atoms with Gasteiger partial charge in [0.2, 0.25) is 0 Å². The molecule has 3 nitrogen and oxygen atoms in total. The third-order valence-electron chi connectivity index (χ3n) is 1.80. The van der Waals surface area contributed by atoms with E-state index in [0.717, 1.165) is 23.6 Å². The van der Waals surface area contributed by atoms with E-state index in [4.69, 9.17) is 9.51 Å². The van der Waals surface area contributed by atoms with Crippen LogP contribution >= 0.6 is 0 Å². The summed E-state index contributed by atoms with van der Waals surface area (Å²) in [6.45, 7) is 10.7. The van der Waals surface area contributed by atoms with E-state index < -0.39 is 8.24 Å². The molecular weight excluding hydrogens is 211 g/mol. The maximum Gasteiger partial charge on any atom is 1.00 e. The van der Waals surface area contributed by atoms with Crippen molar-refractivity contribution in [2.45, 2.75) is 39.9 Å². The van der Waals surface area contributed by atoms with Crippen molar-refractivity contribution in [3.8, 4) is 0 Å². The van der Waals surface area contributed by atoms with Gasteiger partial charge in [0.25, 0.3) is 0 Å². The molecule has 0 fully saturated rings. The Kier molecular flexibility index (Phi) is 6.16. The van der Waals surface area contributed by atoms with E-state index in [1.165, 1.54) is 0 Å². The molecule has 0 N–H and O–H groups in total. The average Bonchev–Trinajstić information content (AvgIpc) is 2.47. The molecule has 16 heavy (non-hydrogen) atoms. The van der Waals surface area contributed by atoms with E-state index in [1.807, 2.05) is 19.1 Å². The number of hydrogen-bond acceptors (Lipinski definition) is 2. The normalized spacial score (nSPS) is 12.2. The summed E-state index contributed by atoms with van der Waals surface area (Å²) >= 11 is 0. The molecule has 0 spiro atoms. The molecule has 0 atom stereocenters. The van der Waals surface area contributed by atoms with Crippen molar-refractivity contribution >= 4 is 14.3 Å². The number of nitrogens with zero attached hydrogens (tertiary/aromatic N) is 2. The van der Waals surface area contributed by atoms with E-state index in [-0.39, 0.29) is 18.9 Å². The number of hydrogen-bond donors (Lipinski definition) is 0. The van der Waals surface area contributed by atoms with E-state index >= 15 is 0 Å². The van der Waals surface area contributed by atoms with Crippen LogP contribution in [0.25, 0.3) is 11.1 Å². The molecule has 1 rings (SSSR count). The molecule has 0 saturated carbocycles. The van der Waals surface area contributed by atoms with Crippen molar-refractivity contribution in [1.82, 2.24) is 5.16 Å². The topological polar surface area (TPSA) is 40.1 Å². The fourth-order valence-electron chi connectivity index (χ4n) is 1.26. The van der Waals surface area contributed by atoms with Crippen molar-refractivity contribution in [2.24, 2.45) is 0 Å². The Labute approximate surface area is 111 Å². The fourth-order valence-corrected chi connectivity index (χ4v) is 2.34. The van der Waals surface area contributed by atoms with Gasteiger partial charge in [0, 0.05) is 6.07 Å². The predicted octanol–water partition coefficient (Wildman–Crippen LogP) is 0.947. The molecule has 0 bridgehead atoms. The molecule has 0 saturated heterocycles. The zero-order valence-electron chi connectivity index (χ0n) is 11.2. The number of allylic oxidation sites excluding steroid dienone is 1. The van der Waals surface area contributed by atoms with Gasteiger partial charge in [-0.3, -0.25) is 0 Å². The largest absolute Gasteiger partial charge is 1.00 e. The maximum absolute atomic E-state index is 5.14. The van der Waals surface area contributed by atoms with Crippen LogP contribution in [0, 0.1) is 6.92 Å². The van der Waals surface area contributed by atoms with Gasteiger partial charge in [0.05, 0.1) is 5.69 Å². The second-order valence-corrected chi connectivity index (χ2v) is 9.21. The first kappa shape index (κ1) is 15.6. The molecule has 0 aliphatic carbocycles. The molecule has 0 radical (unpaired) electrons. The summed E-state index contributed by atoms with van der Waals surface area (Å²) in [5, 5.41) is 3.85. The molecule has 0 aliphatic heterocycles. The van der Waals surface area contributed by atoms with Gasteiger partial charge in [-0.15, -0.1) is 0 Å². The Hall–Kier alpha value is -0.436. The van der Waals surface area contributed by atoms with Crippen LogP contribution in [-0.4, -0.2) is 13.4 Å². The Morgan fingerprint density at radius 1 is 1.50 bits per heavy atom. The van der Waals surface area contributed by atoms with Gasteiger partial charge in [0.1, 0.15) is 0 Å². The molecule has 1 aromatic heterocycles. The van der Waals surface area contributed by atoms with E-state index in [9.17, 15) is 0 Å². The summed E-state index contributed by atoms with van der Waals surface area (Å²) in [7, 11) is -1.39. The first-order valence-electron chi connectivity index (χ1n) is 5.27. The minimum Gasteiger partial charge on any atom is -0.691 e. The summed E-state index contributed by atoms with van der Waals surface area (Å²) in [5.74, 6) is 0.798. The fraction of sp³-hybridized carbons (Fsp3) is 0.545. The molecule has 0 amide bonds. The maximum atomic E-state index is 5.14. The van der Waals surface area contributed by atoms with Crippen LogP contribution in [0.3, 0.4) is 0 Å². The van der Waals surface area contributed by atoms with Crippen LogP contribution in [-0.2, 0) is 0 Å². The van der Waals surface area contributed by atoms with Gasteiger partial charge in [-0.05, 0) is 21.2 Å². The van der Waals surface area contributed by atoms with Gasteiger partial charge in [-0.25, -0.2) is 0 Å². The average molecular weight is 230 g/mol. The van der Waals surface area contributed by atoms with Crippen LogP contribution in [0.15, 0.2) is 16.3 Å². The summed E-state index contributed by atoms with van der Waals surface area (Å²) < 4.78 is 5.14. The van der Waals surface area contributed by atoms with Crippen LogP contribution in [0.2, 0.25) is 19.6 Å². The van der Waals surface area contributed by atoms with Crippen LogP contribution < -0.4 is 18.9 Å². The van der Waals surface area contributed by atoms with Gasteiger partial charge < -0.3 is 9.51 Å². The molecule has 0 aliphatic rings. The summed E-state index contributed by atoms with van der Waals surface area (Å²) in [5.41, 5.74) is 2.01. The van der Waals surface area contributed by atoms with Crippen molar-refractivity contribution in [3.05, 3.63) is 28.2 Å². The standard InChI is InChI=1S/C11H19N2OSi.Li/c1-6-10(13-15(3,4)5)8-11-7-9(2)12-14-11;/h7-8H,6H2,1-5H3;/q-1;+1/b10-8+;. The third kappa shape index (κ3) is 5.59.